The van der Waals surface area contributed by atoms with Crippen LogP contribution in [0.1, 0.15) is 33.9 Å². The molecule has 20 heavy (non-hydrogen) atoms. The monoisotopic (exact) mass is 290 g/mol. The zero-order valence-electron chi connectivity index (χ0n) is 12.2. The lowest BCUT2D eigenvalue weighted by Crippen LogP contribution is -2.05. The van der Waals surface area contributed by atoms with Crippen LogP contribution in [0.15, 0.2) is 30.3 Å². The molecule has 106 valence electrons. The van der Waals surface area contributed by atoms with Gasteiger partial charge in [0.05, 0.1) is 7.11 Å². The van der Waals surface area contributed by atoms with Crippen LogP contribution in [0, 0.1) is 20.8 Å². The van der Waals surface area contributed by atoms with Gasteiger partial charge >= 0.3 is 0 Å². The number of benzene rings is 2. The standard InChI is InChI=1S/C17H19ClO2/c1-10-5-7-13(15(18)9-10)16(19)14-8-6-11(2)12(3)17(14)20-4/h5-9,16,19H,1-4H3. The molecule has 2 rings (SSSR count). The SMILES string of the molecule is COc1c(C(O)c2ccc(C)cc2Cl)ccc(C)c1C. The van der Waals surface area contributed by atoms with Gasteiger partial charge in [0, 0.05) is 16.1 Å². The maximum Gasteiger partial charge on any atom is 0.128 e. The van der Waals surface area contributed by atoms with Crippen LogP contribution in [0.25, 0.3) is 0 Å². The number of methoxy groups -OCH3 is 1. The van der Waals surface area contributed by atoms with E-state index in [1.54, 1.807) is 7.11 Å². The number of aliphatic hydroxyl groups excluding tert-OH is 1. The van der Waals surface area contributed by atoms with E-state index in [2.05, 4.69) is 0 Å². The second-order valence-electron chi connectivity index (χ2n) is 5.06. The Morgan fingerprint density at radius 2 is 1.70 bits per heavy atom. The molecule has 0 radical (unpaired) electrons. The van der Waals surface area contributed by atoms with Crippen molar-refractivity contribution in [1.82, 2.24) is 0 Å². The lowest BCUT2D eigenvalue weighted by molar-refractivity contribution is 0.214. The van der Waals surface area contributed by atoms with Gasteiger partial charge in [0.25, 0.3) is 0 Å². The quantitative estimate of drug-likeness (QED) is 0.910. The maximum absolute atomic E-state index is 10.6. The lowest BCUT2D eigenvalue weighted by atomic mass is 9.96. The first kappa shape index (κ1) is 14.9. The smallest absolute Gasteiger partial charge is 0.128 e. The number of halogens is 1. The summed E-state index contributed by atoms with van der Waals surface area (Å²) in [7, 11) is 1.62. The summed E-state index contributed by atoms with van der Waals surface area (Å²) in [5.74, 6) is 0.717. The summed E-state index contributed by atoms with van der Waals surface area (Å²) >= 11 is 6.24. The molecule has 1 N–H and O–H groups in total. The highest BCUT2D eigenvalue weighted by Crippen LogP contribution is 2.36. The molecule has 0 aliphatic rings. The van der Waals surface area contributed by atoms with E-state index in [-0.39, 0.29) is 0 Å². The number of aryl methyl sites for hydroxylation is 2. The van der Waals surface area contributed by atoms with Crippen molar-refractivity contribution in [2.24, 2.45) is 0 Å². The Balaban J connectivity index is 2.53. The summed E-state index contributed by atoms with van der Waals surface area (Å²) in [5.41, 5.74) is 4.67. The summed E-state index contributed by atoms with van der Waals surface area (Å²) in [4.78, 5) is 0. The van der Waals surface area contributed by atoms with Gasteiger partial charge in [-0.05, 0) is 43.5 Å². The Morgan fingerprint density at radius 1 is 1.05 bits per heavy atom. The zero-order chi connectivity index (χ0) is 14.9. The Bertz CT molecular complexity index is 635. The molecular weight excluding hydrogens is 272 g/mol. The van der Waals surface area contributed by atoms with Crippen LogP contribution < -0.4 is 4.74 Å². The largest absolute Gasteiger partial charge is 0.496 e. The molecule has 0 amide bonds. The van der Waals surface area contributed by atoms with Gasteiger partial charge < -0.3 is 9.84 Å². The first-order valence-corrected chi connectivity index (χ1v) is 6.91. The van der Waals surface area contributed by atoms with Crippen molar-refractivity contribution in [2.75, 3.05) is 7.11 Å². The van der Waals surface area contributed by atoms with Crippen molar-refractivity contribution in [3.63, 3.8) is 0 Å². The van der Waals surface area contributed by atoms with E-state index in [0.717, 1.165) is 22.3 Å². The average Bonchev–Trinajstić information content (AvgIpc) is 2.41. The average molecular weight is 291 g/mol. The Hall–Kier alpha value is -1.51. The Labute approximate surface area is 125 Å². The fraction of sp³-hybridized carbons (Fsp3) is 0.294. The topological polar surface area (TPSA) is 29.5 Å². The van der Waals surface area contributed by atoms with E-state index in [9.17, 15) is 5.11 Å². The second-order valence-corrected chi connectivity index (χ2v) is 5.46. The highest BCUT2D eigenvalue weighted by atomic mass is 35.5. The minimum atomic E-state index is -0.794. The highest BCUT2D eigenvalue weighted by Gasteiger charge is 2.20. The van der Waals surface area contributed by atoms with E-state index in [1.165, 1.54) is 0 Å². The van der Waals surface area contributed by atoms with Crippen LogP contribution in [0.3, 0.4) is 0 Å². The molecule has 0 aromatic heterocycles. The molecule has 0 saturated carbocycles. The first-order valence-electron chi connectivity index (χ1n) is 6.54. The molecule has 2 nitrogen and oxygen atoms in total. The van der Waals surface area contributed by atoms with Crippen molar-refractivity contribution in [3.8, 4) is 5.75 Å². The van der Waals surface area contributed by atoms with Crippen LogP contribution in [0.2, 0.25) is 5.02 Å². The molecule has 0 fully saturated rings. The molecular formula is C17H19ClO2. The molecule has 0 spiro atoms. The lowest BCUT2D eigenvalue weighted by Gasteiger charge is -2.19. The third kappa shape index (κ3) is 2.67. The number of aliphatic hydroxyl groups is 1. The third-order valence-electron chi connectivity index (χ3n) is 3.66. The molecule has 1 unspecified atom stereocenters. The fourth-order valence-corrected chi connectivity index (χ4v) is 2.66. The van der Waals surface area contributed by atoms with Gasteiger partial charge in [0.1, 0.15) is 11.9 Å². The predicted octanol–water partition coefficient (Wildman–Crippen LogP) is 4.36. The molecule has 0 aliphatic heterocycles. The normalized spacial score (nSPS) is 12.3. The number of ether oxygens (including phenoxy) is 1. The van der Waals surface area contributed by atoms with E-state index < -0.39 is 6.10 Å². The molecule has 0 bridgehead atoms. The predicted molar refractivity (Wildman–Crippen MR) is 82.7 cm³/mol. The maximum atomic E-state index is 10.6. The number of rotatable bonds is 3. The molecule has 0 heterocycles. The minimum absolute atomic E-state index is 0.567. The van der Waals surface area contributed by atoms with E-state index >= 15 is 0 Å². The van der Waals surface area contributed by atoms with Crippen LogP contribution in [-0.2, 0) is 0 Å². The van der Waals surface area contributed by atoms with Crippen LogP contribution >= 0.6 is 11.6 Å². The van der Waals surface area contributed by atoms with Crippen molar-refractivity contribution in [1.29, 1.82) is 0 Å². The Morgan fingerprint density at radius 3 is 2.30 bits per heavy atom. The van der Waals surface area contributed by atoms with Gasteiger partial charge in [-0.25, -0.2) is 0 Å². The number of hydrogen-bond donors (Lipinski definition) is 1. The van der Waals surface area contributed by atoms with E-state index in [0.29, 0.717) is 16.3 Å². The zero-order valence-corrected chi connectivity index (χ0v) is 13.0. The minimum Gasteiger partial charge on any atom is -0.496 e. The number of hydrogen-bond acceptors (Lipinski definition) is 2. The summed E-state index contributed by atoms with van der Waals surface area (Å²) < 4.78 is 5.46. The van der Waals surface area contributed by atoms with E-state index in [4.69, 9.17) is 16.3 Å². The first-order chi connectivity index (χ1) is 9.45. The fourth-order valence-electron chi connectivity index (χ4n) is 2.32. The second kappa shape index (κ2) is 5.86. The summed E-state index contributed by atoms with van der Waals surface area (Å²) in [6.45, 7) is 5.98. The van der Waals surface area contributed by atoms with Crippen LogP contribution in [-0.4, -0.2) is 12.2 Å². The highest BCUT2D eigenvalue weighted by molar-refractivity contribution is 6.31. The van der Waals surface area contributed by atoms with Crippen molar-refractivity contribution in [3.05, 3.63) is 63.2 Å². The van der Waals surface area contributed by atoms with Gasteiger partial charge in [-0.15, -0.1) is 0 Å². The van der Waals surface area contributed by atoms with Crippen LogP contribution in [0.5, 0.6) is 5.75 Å². The van der Waals surface area contributed by atoms with Gasteiger partial charge in [0.15, 0.2) is 0 Å². The Kier molecular flexibility index (Phi) is 4.36. The molecule has 0 saturated heterocycles. The van der Waals surface area contributed by atoms with Crippen LogP contribution in [0.4, 0.5) is 0 Å². The summed E-state index contributed by atoms with van der Waals surface area (Å²) in [6, 6.07) is 9.53. The molecule has 1 atom stereocenters. The van der Waals surface area contributed by atoms with Crippen molar-refractivity contribution < 1.29 is 9.84 Å². The van der Waals surface area contributed by atoms with Gasteiger partial charge in [0.2, 0.25) is 0 Å². The van der Waals surface area contributed by atoms with Gasteiger partial charge in [-0.2, -0.15) is 0 Å². The molecule has 2 aromatic carbocycles. The van der Waals surface area contributed by atoms with Gasteiger partial charge in [-0.1, -0.05) is 35.9 Å². The van der Waals surface area contributed by atoms with Gasteiger partial charge in [-0.3, -0.25) is 0 Å². The third-order valence-corrected chi connectivity index (χ3v) is 3.98. The van der Waals surface area contributed by atoms with Crippen molar-refractivity contribution in [2.45, 2.75) is 26.9 Å². The molecule has 0 aliphatic carbocycles. The van der Waals surface area contributed by atoms with E-state index in [1.807, 2.05) is 51.1 Å². The van der Waals surface area contributed by atoms with Crippen molar-refractivity contribution >= 4 is 11.6 Å². The molecule has 3 heteroatoms. The molecule has 2 aromatic rings. The summed E-state index contributed by atoms with van der Waals surface area (Å²) in [5, 5.41) is 11.2. The summed E-state index contributed by atoms with van der Waals surface area (Å²) in [6.07, 6.45) is -0.794.